The molecule has 0 unspecified atom stereocenters. The average molecular weight is 345 g/mol. The zero-order valence-corrected chi connectivity index (χ0v) is 15.1. The quantitative estimate of drug-likeness (QED) is 0.740. The molecule has 0 saturated heterocycles. The molecule has 0 aliphatic rings. The van der Waals surface area contributed by atoms with Crippen molar-refractivity contribution < 1.29 is 4.79 Å². The standard InChI is InChI=1S/C22H23N3O/c1-16-6-9-18(10-7-16)13-21(20-5-3-4-12-23-20)25-22(26)14-19-11-8-17(2)24-15-19/h3-12,15,21H,13-14H2,1-2H3,(H,25,26)/t21-/m0/s1. The summed E-state index contributed by atoms with van der Waals surface area (Å²) in [4.78, 5) is 21.2. The maximum atomic E-state index is 12.6. The van der Waals surface area contributed by atoms with E-state index in [9.17, 15) is 4.79 Å². The molecule has 1 aromatic carbocycles. The Morgan fingerprint density at radius 1 is 0.962 bits per heavy atom. The van der Waals surface area contributed by atoms with Crippen LogP contribution in [0.2, 0.25) is 0 Å². The number of hydrogen-bond acceptors (Lipinski definition) is 3. The maximum absolute atomic E-state index is 12.6. The lowest BCUT2D eigenvalue weighted by Crippen LogP contribution is -2.31. The Hall–Kier alpha value is -3.01. The number of rotatable bonds is 6. The minimum atomic E-state index is -0.162. The maximum Gasteiger partial charge on any atom is 0.225 e. The summed E-state index contributed by atoms with van der Waals surface area (Å²) in [7, 11) is 0. The molecule has 0 bridgehead atoms. The lowest BCUT2D eigenvalue weighted by atomic mass is 10.0. The van der Waals surface area contributed by atoms with Crippen molar-refractivity contribution in [2.45, 2.75) is 32.7 Å². The summed E-state index contributed by atoms with van der Waals surface area (Å²) in [6.07, 6.45) is 4.53. The summed E-state index contributed by atoms with van der Waals surface area (Å²) in [5.41, 5.74) is 5.11. The van der Waals surface area contributed by atoms with Crippen LogP contribution in [-0.2, 0) is 17.6 Å². The van der Waals surface area contributed by atoms with Crippen LogP contribution in [0.4, 0.5) is 0 Å². The average Bonchev–Trinajstić information content (AvgIpc) is 2.65. The van der Waals surface area contributed by atoms with Crippen molar-refractivity contribution in [3.8, 4) is 0 Å². The third-order valence-corrected chi connectivity index (χ3v) is 4.28. The van der Waals surface area contributed by atoms with Gasteiger partial charge in [0.2, 0.25) is 5.91 Å². The molecule has 0 radical (unpaired) electrons. The largest absolute Gasteiger partial charge is 0.347 e. The Labute approximate surface area is 154 Å². The second-order valence-electron chi connectivity index (χ2n) is 6.55. The van der Waals surface area contributed by atoms with Crippen LogP contribution in [0.5, 0.6) is 0 Å². The van der Waals surface area contributed by atoms with E-state index < -0.39 is 0 Å². The molecular weight excluding hydrogens is 322 g/mol. The highest BCUT2D eigenvalue weighted by Gasteiger charge is 2.17. The number of pyridine rings is 2. The molecule has 132 valence electrons. The zero-order valence-electron chi connectivity index (χ0n) is 15.1. The van der Waals surface area contributed by atoms with Crippen LogP contribution in [0.3, 0.4) is 0 Å². The fourth-order valence-corrected chi connectivity index (χ4v) is 2.81. The van der Waals surface area contributed by atoms with E-state index >= 15 is 0 Å². The van der Waals surface area contributed by atoms with E-state index in [-0.39, 0.29) is 11.9 Å². The zero-order chi connectivity index (χ0) is 18.4. The number of aryl methyl sites for hydroxylation is 2. The minimum absolute atomic E-state index is 0.0292. The van der Waals surface area contributed by atoms with Gasteiger partial charge in [-0.05, 0) is 49.6 Å². The number of nitrogens with one attached hydrogen (secondary N) is 1. The molecule has 0 spiro atoms. The Bertz CT molecular complexity index is 843. The lowest BCUT2D eigenvalue weighted by molar-refractivity contribution is -0.121. The van der Waals surface area contributed by atoms with E-state index in [2.05, 4.69) is 46.5 Å². The molecule has 0 aliphatic carbocycles. The van der Waals surface area contributed by atoms with E-state index in [4.69, 9.17) is 0 Å². The molecule has 26 heavy (non-hydrogen) atoms. The summed E-state index contributed by atoms with van der Waals surface area (Å²) >= 11 is 0. The molecule has 4 heteroatoms. The van der Waals surface area contributed by atoms with Crippen LogP contribution >= 0.6 is 0 Å². The minimum Gasteiger partial charge on any atom is -0.347 e. The third-order valence-electron chi connectivity index (χ3n) is 4.28. The molecule has 1 atom stereocenters. The normalized spacial score (nSPS) is 11.8. The molecule has 3 aromatic rings. The summed E-state index contributed by atoms with van der Waals surface area (Å²) in [5.74, 6) is -0.0292. The first kappa shape index (κ1) is 17.8. The first-order valence-electron chi connectivity index (χ1n) is 8.77. The fourth-order valence-electron chi connectivity index (χ4n) is 2.81. The van der Waals surface area contributed by atoms with E-state index in [1.54, 1.807) is 12.4 Å². The van der Waals surface area contributed by atoms with Crippen LogP contribution in [0.15, 0.2) is 67.0 Å². The van der Waals surface area contributed by atoms with Gasteiger partial charge in [-0.1, -0.05) is 42.0 Å². The Kier molecular flexibility index (Phi) is 5.74. The highest BCUT2D eigenvalue weighted by Crippen LogP contribution is 2.17. The third kappa shape index (κ3) is 4.99. The van der Waals surface area contributed by atoms with Crippen molar-refractivity contribution in [2.24, 2.45) is 0 Å². The summed E-state index contributed by atoms with van der Waals surface area (Å²) in [6.45, 7) is 4.00. The van der Waals surface area contributed by atoms with Crippen molar-refractivity contribution in [3.05, 3.63) is 95.1 Å². The monoisotopic (exact) mass is 345 g/mol. The second kappa shape index (κ2) is 8.39. The van der Waals surface area contributed by atoms with Crippen molar-refractivity contribution in [1.82, 2.24) is 15.3 Å². The SMILES string of the molecule is Cc1ccc(C[C@H](NC(=O)Cc2ccc(C)nc2)c2ccccn2)cc1. The van der Waals surface area contributed by atoms with Gasteiger partial charge in [-0.3, -0.25) is 14.8 Å². The number of hydrogen-bond donors (Lipinski definition) is 1. The van der Waals surface area contributed by atoms with Gasteiger partial charge in [-0.15, -0.1) is 0 Å². The molecule has 2 heterocycles. The van der Waals surface area contributed by atoms with Crippen LogP contribution < -0.4 is 5.32 Å². The predicted octanol–water partition coefficient (Wildman–Crippen LogP) is 3.74. The first-order chi connectivity index (χ1) is 12.6. The molecule has 1 amide bonds. The summed E-state index contributed by atoms with van der Waals surface area (Å²) in [5, 5.41) is 3.13. The van der Waals surface area contributed by atoms with Gasteiger partial charge in [0.05, 0.1) is 18.2 Å². The van der Waals surface area contributed by atoms with Crippen LogP contribution in [-0.4, -0.2) is 15.9 Å². The highest BCUT2D eigenvalue weighted by atomic mass is 16.1. The number of carbonyl (C=O) groups excluding carboxylic acids is 1. The van der Waals surface area contributed by atoms with Crippen LogP contribution in [0, 0.1) is 13.8 Å². The molecular formula is C22H23N3O. The molecule has 0 saturated carbocycles. The van der Waals surface area contributed by atoms with Gasteiger partial charge in [-0.2, -0.15) is 0 Å². The van der Waals surface area contributed by atoms with Crippen LogP contribution in [0.25, 0.3) is 0 Å². The lowest BCUT2D eigenvalue weighted by Gasteiger charge is -2.19. The number of nitrogens with zero attached hydrogens (tertiary/aromatic N) is 2. The molecule has 0 fully saturated rings. The van der Waals surface area contributed by atoms with Gasteiger partial charge in [0.1, 0.15) is 0 Å². The van der Waals surface area contributed by atoms with Crippen molar-refractivity contribution in [3.63, 3.8) is 0 Å². The highest BCUT2D eigenvalue weighted by molar-refractivity contribution is 5.78. The van der Waals surface area contributed by atoms with Gasteiger partial charge in [0, 0.05) is 18.1 Å². The Morgan fingerprint density at radius 2 is 1.73 bits per heavy atom. The van der Waals surface area contributed by atoms with Crippen molar-refractivity contribution >= 4 is 5.91 Å². The molecule has 1 N–H and O–H groups in total. The first-order valence-corrected chi connectivity index (χ1v) is 8.77. The Balaban J connectivity index is 1.73. The van der Waals surface area contributed by atoms with E-state index in [1.165, 1.54) is 11.1 Å². The predicted molar refractivity (Wildman–Crippen MR) is 103 cm³/mol. The van der Waals surface area contributed by atoms with Gasteiger partial charge < -0.3 is 5.32 Å². The number of benzene rings is 1. The smallest absolute Gasteiger partial charge is 0.225 e. The molecule has 3 rings (SSSR count). The van der Waals surface area contributed by atoms with Gasteiger partial charge >= 0.3 is 0 Å². The van der Waals surface area contributed by atoms with Crippen molar-refractivity contribution in [1.29, 1.82) is 0 Å². The number of aromatic nitrogens is 2. The topological polar surface area (TPSA) is 54.9 Å². The Morgan fingerprint density at radius 3 is 2.38 bits per heavy atom. The summed E-state index contributed by atoms with van der Waals surface area (Å²) < 4.78 is 0. The molecule has 0 aliphatic heterocycles. The second-order valence-corrected chi connectivity index (χ2v) is 6.55. The molecule has 4 nitrogen and oxygen atoms in total. The summed E-state index contributed by atoms with van der Waals surface area (Å²) in [6, 6.07) is 17.9. The van der Waals surface area contributed by atoms with Crippen molar-refractivity contribution in [2.75, 3.05) is 0 Å². The van der Waals surface area contributed by atoms with E-state index in [0.29, 0.717) is 12.8 Å². The number of carbonyl (C=O) groups is 1. The van der Waals surface area contributed by atoms with Gasteiger partial charge in [0.15, 0.2) is 0 Å². The number of amides is 1. The van der Waals surface area contributed by atoms with Crippen LogP contribution in [0.1, 0.15) is 34.1 Å². The van der Waals surface area contributed by atoms with Gasteiger partial charge in [0.25, 0.3) is 0 Å². The molecule has 2 aromatic heterocycles. The van der Waals surface area contributed by atoms with E-state index in [0.717, 1.165) is 17.0 Å². The van der Waals surface area contributed by atoms with Gasteiger partial charge in [-0.25, -0.2) is 0 Å². The fraction of sp³-hybridized carbons (Fsp3) is 0.227. The van der Waals surface area contributed by atoms with E-state index in [1.807, 2.05) is 37.3 Å².